The molecule has 1 aromatic heterocycles. The van der Waals surface area contributed by atoms with Gasteiger partial charge in [-0.2, -0.15) is 0 Å². The molecule has 21 heavy (non-hydrogen) atoms. The number of para-hydroxylation sites is 1. The third-order valence-electron chi connectivity index (χ3n) is 3.78. The highest BCUT2D eigenvalue weighted by molar-refractivity contribution is 7.91. The molecule has 1 heterocycles. The van der Waals surface area contributed by atoms with Crippen LogP contribution in [-0.2, 0) is 16.3 Å². The van der Waals surface area contributed by atoms with E-state index in [0.717, 1.165) is 17.2 Å². The summed E-state index contributed by atoms with van der Waals surface area (Å²) in [5.41, 5.74) is 1.88. The lowest BCUT2D eigenvalue weighted by molar-refractivity contribution is 0.597. The Morgan fingerprint density at radius 2 is 2.14 bits per heavy atom. The van der Waals surface area contributed by atoms with Gasteiger partial charge in [0.05, 0.1) is 26.7 Å². The summed E-state index contributed by atoms with van der Waals surface area (Å²) in [6.45, 7) is 1.67. The highest BCUT2D eigenvalue weighted by Crippen LogP contribution is 2.41. The average Bonchev–Trinajstić information content (AvgIpc) is 3.00. The van der Waals surface area contributed by atoms with Gasteiger partial charge in [-0.05, 0) is 36.6 Å². The van der Waals surface area contributed by atoms with Crippen molar-refractivity contribution in [2.75, 3.05) is 11.1 Å². The number of anilines is 1. The zero-order chi connectivity index (χ0) is 15.0. The number of sulfone groups is 1. The molecule has 6 heteroatoms. The van der Waals surface area contributed by atoms with E-state index in [-0.39, 0.29) is 11.8 Å². The van der Waals surface area contributed by atoms with E-state index in [2.05, 4.69) is 5.32 Å². The van der Waals surface area contributed by atoms with Crippen molar-refractivity contribution in [2.24, 2.45) is 0 Å². The summed E-state index contributed by atoms with van der Waals surface area (Å²) in [5, 5.41) is 3.39. The molecule has 1 N–H and O–H groups in total. The van der Waals surface area contributed by atoms with Gasteiger partial charge in [-0.25, -0.2) is 8.42 Å². The largest absolute Gasteiger partial charge is 0.377 e. The SMILES string of the molecule is CCS(=O)(=O)c1ccccc1NC1CCc2sc(Cl)cc21. The van der Waals surface area contributed by atoms with Gasteiger partial charge >= 0.3 is 0 Å². The van der Waals surface area contributed by atoms with E-state index in [0.29, 0.717) is 10.6 Å². The number of nitrogens with one attached hydrogen (secondary N) is 1. The second kappa shape index (κ2) is 5.63. The standard InChI is InChI=1S/C15H16ClNO2S2/c1-2-21(18,19)14-6-4-3-5-12(14)17-11-7-8-13-10(11)9-15(16)20-13/h3-6,9,11,17H,2,7-8H2,1H3. The molecule has 0 bridgehead atoms. The van der Waals surface area contributed by atoms with Crippen LogP contribution < -0.4 is 5.32 Å². The van der Waals surface area contributed by atoms with Gasteiger partial charge in [0.1, 0.15) is 0 Å². The maximum atomic E-state index is 12.2. The maximum Gasteiger partial charge on any atom is 0.180 e. The van der Waals surface area contributed by atoms with E-state index in [4.69, 9.17) is 11.6 Å². The minimum atomic E-state index is -3.23. The van der Waals surface area contributed by atoms with Crippen LogP contribution in [0, 0.1) is 0 Å². The fourth-order valence-corrected chi connectivity index (χ4v) is 5.10. The van der Waals surface area contributed by atoms with E-state index >= 15 is 0 Å². The molecule has 1 unspecified atom stereocenters. The molecule has 0 spiro atoms. The van der Waals surface area contributed by atoms with Gasteiger partial charge in [0.25, 0.3) is 0 Å². The summed E-state index contributed by atoms with van der Waals surface area (Å²) in [5.74, 6) is 0.103. The van der Waals surface area contributed by atoms with Crippen LogP contribution in [0.4, 0.5) is 5.69 Å². The van der Waals surface area contributed by atoms with Crippen LogP contribution in [0.25, 0.3) is 0 Å². The van der Waals surface area contributed by atoms with Crippen LogP contribution >= 0.6 is 22.9 Å². The number of rotatable bonds is 4. The fraction of sp³-hybridized carbons (Fsp3) is 0.333. The Morgan fingerprint density at radius 3 is 2.90 bits per heavy atom. The number of fused-ring (bicyclic) bond motifs is 1. The van der Waals surface area contributed by atoms with Crippen LogP contribution in [0.5, 0.6) is 0 Å². The van der Waals surface area contributed by atoms with Crippen molar-refractivity contribution < 1.29 is 8.42 Å². The normalized spacial score (nSPS) is 17.7. The third-order valence-corrected chi connectivity index (χ3v) is 6.90. The molecule has 0 saturated carbocycles. The van der Waals surface area contributed by atoms with Gasteiger partial charge in [0, 0.05) is 4.88 Å². The second-order valence-corrected chi connectivity index (χ2v) is 9.08. The number of halogens is 1. The van der Waals surface area contributed by atoms with E-state index in [1.165, 1.54) is 10.4 Å². The lowest BCUT2D eigenvalue weighted by Crippen LogP contribution is -2.12. The monoisotopic (exact) mass is 341 g/mol. The van der Waals surface area contributed by atoms with Crippen molar-refractivity contribution in [1.82, 2.24) is 0 Å². The van der Waals surface area contributed by atoms with Crippen molar-refractivity contribution in [3.05, 3.63) is 45.1 Å². The zero-order valence-corrected chi connectivity index (χ0v) is 14.0. The Bertz CT molecular complexity index is 768. The van der Waals surface area contributed by atoms with Crippen LogP contribution in [0.1, 0.15) is 29.8 Å². The Kier molecular flexibility index (Phi) is 3.99. The second-order valence-electron chi connectivity index (χ2n) is 5.06. The van der Waals surface area contributed by atoms with E-state index < -0.39 is 9.84 Å². The molecule has 3 rings (SSSR count). The van der Waals surface area contributed by atoms with E-state index in [9.17, 15) is 8.42 Å². The molecule has 1 aromatic carbocycles. The van der Waals surface area contributed by atoms with Crippen molar-refractivity contribution in [2.45, 2.75) is 30.7 Å². The average molecular weight is 342 g/mol. The van der Waals surface area contributed by atoms with Crippen molar-refractivity contribution in [3.63, 3.8) is 0 Å². The number of thiophene rings is 1. The smallest absolute Gasteiger partial charge is 0.180 e. The van der Waals surface area contributed by atoms with Gasteiger partial charge in [-0.3, -0.25) is 0 Å². The zero-order valence-electron chi connectivity index (χ0n) is 11.6. The summed E-state index contributed by atoms with van der Waals surface area (Å²) in [6, 6.07) is 9.23. The Morgan fingerprint density at radius 1 is 1.38 bits per heavy atom. The quantitative estimate of drug-likeness (QED) is 0.902. The van der Waals surface area contributed by atoms with Gasteiger partial charge < -0.3 is 5.32 Å². The summed E-state index contributed by atoms with van der Waals surface area (Å²) >= 11 is 7.68. The lowest BCUT2D eigenvalue weighted by Gasteiger charge is -2.17. The molecule has 0 saturated heterocycles. The number of hydrogen-bond donors (Lipinski definition) is 1. The Hall–Kier alpha value is -1.04. The molecular formula is C15H16ClNO2S2. The fourth-order valence-electron chi connectivity index (χ4n) is 2.68. The first-order valence-electron chi connectivity index (χ1n) is 6.87. The molecule has 1 aliphatic rings. The highest BCUT2D eigenvalue weighted by Gasteiger charge is 2.26. The predicted octanol–water partition coefficient (Wildman–Crippen LogP) is 4.29. The van der Waals surface area contributed by atoms with Gasteiger partial charge in [0.15, 0.2) is 9.84 Å². The summed E-state index contributed by atoms with van der Waals surface area (Å²) < 4.78 is 25.2. The molecular weight excluding hydrogens is 326 g/mol. The molecule has 1 atom stereocenters. The van der Waals surface area contributed by atoms with Crippen LogP contribution in [0.15, 0.2) is 35.2 Å². The molecule has 3 nitrogen and oxygen atoms in total. The highest BCUT2D eigenvalue weighted by atomic mass is 35.5. The Labute approximate surface area is 133 Å². The molecule has 112 valence electrons. The minimum absolute atomic E-state index is 0.103. The lowest BCUT2D eigenvalue weighted by atomic mass is 10.1. The minimum Gasteiger partial charge on any atom is -0.377 e. The molecule has 0 aliphatic heterocycles. The number of hydrogen-bond acceptors (Lipinski definition) is 4. The molecule has 0 amide bonds. The third kappa shape index (κ3) is 2.82. The Balaban J connectivity index is 1.93. The van der Waals surface area contributed by atoms with Crippen LogP contribution in [0.3, 0.4) is 0 Å². The van der Waals surface area contributed by atoms with E-state index in [1.54, 1.807) is 30.4 Å². The van der Waals surface area contributed by atoms with Crippen LogP contribution in [0.2, 0.25) is 4.34 Å². The molecule has 1 aliphatic carbocycles. The number of benzene rings is 1. The maximum absolute atomic E-state index is 12.2. The number of aryl methyl sites for hydroxylation is 1. The summed E-state index contributed by atoms with van der Waals surface area (Å²) in [4.78, 5) is 1.68. The molecule has 0 radical (unpaired) electrons. The first kappa shape index (κ1) is 14.9. The summed E-state index contributed by atoms with van der Waals surface area (Å²) in [6.07, 6.45) is 1.96. The van der Waals surface area contributed by atoms with Crippen molar-refractivity contribution >= 4 is 38.5 Å². The topological polar surface area (TPSA) is 46.2 Å². The first-order valence-corrected chi connectivity index (χ1v) is 9.72. The van der Waals surface area contributed by atoms with Gasteiger partial charge in [0.2, 0.25) is 0 Å². The van der Waals surface area contributed by atoms with Gasteiger partial charge in [-0.15, -0.1) is 11.3 Å². The predicted molar refractivity (Wildman–Crippen MR) is 88.2 cm³/mol. The molecule has 2 aromatic rings. The molecule has 0 fully saturated rings. The van der Waals surface area contributed by atoms with Crippen LogP contribution in [-0.4, -0.2) is 14.2 Å². The summed E-state index contributed by atoms with van der Waals surface area (Å²) in [7, 11) is -3.23. The van der Waals surface area contributed by atoms with Crippen molar-refractivity contribution in [1.29, 1.82) is 0 Å². The van der Waals surface area contributed by atoms with Gasteiger partial charge in [-0.1, -0.05) is 30.7 Å². The first-order chi connectivity index (χ1) is 10.0. The van der Waals surface area contributed by atoms with E-state index in [1.807, 2.05) is 18.2 Å². The van der Waals surface area contributed by atoms with Crippen molar-refractivity contribution in [3.8, 4) is 0 Å².